The quantitative estimate of drug-likeness (QED) is 0.887. The van der Waals surface area contributed by atoms with Crippen LogP contribution in [-0.4, -0.2) is 15.7 Å². The third kappa shape index (κ3) is 3.55. The summed E-state index contributed by atoms with van der Waals surface area (Å²) >= 11 is 1.39. The fourth-order valence-corrected chi connectivity index (χ4v) is 2.76. The Kier molecular flexibility index (Phi) is 5.09. The van der Waals surface area contributed by atoms with Gasteiger partial charge in [-0.1, -0.05) is 30.0 Å². The van der Waals surface area contributed by atoms with Crippen molar-refractivity contribution in [3.05, 3.63) is 40.4 Å². The van der Waals surface area contributed by atoms with Gasteiger partial charge >= 0.3 is 0 Å². The van der Waals surface area contributed by atoms with E-state index in [1.165, 1.54) is 11.5 Å². The van der Waals surface area contributed by atoms with Gasteiger partial charge in [0.25, 0.3) is 0 Å². The van der Waals surface area contributed by atoms with E-state index in [-0.39, 0.29) is 12.1 Å². The van der Waals surface area contributed by atoms with E-state index in [0.29, 0.717) is 0 Å². The minimum atomic E-state index is -0.162. The number of aromatic nitrogens is 2. The van der Waals surface area contributed by atoms with Gasteiger partial charge in [0.1, 0.15) is 5.75 Å². The third-order valence-corrected chi connectivity index (χ3v) is 3.81. The second kappa shape index (κ2) is 6.81. The van der Waals surface area contributed by atoms with Crippen LogP contribution in [0.4, 0.5) is 0 Å². The van der Waals surface area contributed by atoms with Gasteiger partial charge in [-0.25, -0.2) is 0 Å². The lowest BCUT2D eigenvalue weighted by Crippen LogP contribution is -2.12. The molecule has 0 amide bonds. The van der Waals surface area contributed by atoms with Crippen molar-refractivity contribution in [1.29, 1.82) is 0 Å². The zero-order valence-electron chi connectivity index (χ0n) is 12.2. The van der Waals surface area contributed by atoms with Crippen LogP contribution in [0.5, 0.6) is 5.75 Å². The molecule has 1 heterocycles. The largest absolute Gasteiger partial charge is 0.491 e. The van der Waals surface area contributed by atoms with E-state index in [1.807, 2.05) is 38.1 Å². The first-order chi connectivity index (χ1) is 9.61. The van der Waals surface area contributed by atoms with Gasteiger partial charge in [-0.15, -0.1) is 5.10 Å². The zero-order valence-corrected chi connectivity index (χ0v) is 13.0. The Balaban J connectivity index is 2.16. The maximum absolute atomic E-state index is 6.33. The van der Waals surface area contributed by atoms with E-state index < -0.39 is 0 Å². The molecule has 1 atom stereocenters. The van der Waals surface area contributed by atoms with E-state index in [0.717, 1.165) is 34.7 Å². The fourth-order valence-electron chi connectivity index (χ4n) is 2.04. The summed E-state index contributed by atoms with van der Waals surface area (Å²) in [7, 11) is 0. The molecule has 1 unspecified atom stereocenters. The molecule has 2 aromatic rings. The smallest absolute Gasteiger partial charge is 0.119 e. The topological polar surface area (TPSA) is 61.0 Å². The molecular weight excluding hydrogens is 270 g/mol. The van der Waals surface area contributed by atoms with E-state index in [9.17, 15) is 0 Å². The van der Waals surface area contributed by atoms with Crippen molar-refractivity contribution < 1.29 is 4.74 Å². The molecule has 0 saturated carbocycles. The molecule has 2 rings (SSSR count). The van der Waals surface area contributed by atoms with E-state index in [2.05, 4.69) is 16.5 Å². The molecule has 0 bridgehead atoms. The van der Waals surface area contributed by atoms with Crippen molar-refractivity contribution in [2.45, 2.75) is 45.8 Å². The lowest BCUT2D eigenvalue weighted by Gasteiger charge is -2.13. The van der Waals surface area contributed by atoms with Crippen molar-refractivity contribution >= 4 is 11.5 Å². The van der Waals surface area contributed by atoms with Gasteiger partial charge in [-0.3, -0.25) is 0 Å². The first-order valence-corrected chi connectivity index (χ1v) is 7.72. The minimum Gasteiger partial charge on any atom is -0.491 e. The number of aryl methyl sites for hydroxylation is 1. The van der Waals surface area contributed by atoms with Crippen LogP contribution >= 0.6 is 11.5 Å². The Morgan fingerprint density at radius 2 is 1.95 bits per heavy atom. The number of ether oxygens (including phenoxy) is 1. The Morgan fingerprint density at radius 3 is 2.55 bits per heavy atom. The molecule has 2 N–H and O–H groups in total. The van der Waals surface area contributed by atoms with Crippen LogP contribution < -0.4 is 10.5 Å². The first kappa shape index (κ1) is 14.9. The normalized spacial score (nSPS) is 12.7. The van der Waals surface area contributed by atoms with Crippen LogP contribution in [0.3, 0.4) is 0 Å². The van der Waals surface area contributed by atoms with Crippen LogP contribution in [0.2, 0.25) is 0 Å². The van der Waals surface area contributed by atoms with Gasteiger partial charge in [0.05, 0.1) is 22.7 Å². The van der Waals surface area contributed by atoms with Gasteiger partial charge in [0, 0.05) is 0 Å². The summed E-state index contributed by atoms with van der Waals surface area (Å²) in [5.41, 5.74) is 8.41. The number of nitrogens with two attached hydrogens (primary N) is 1. The maximum atomic E-state index is 6.33. The lowest BCUT2D eigenvalue weighted by molar-refractivity contribution is 0.242. The molecule has 0 fully saturated rings. The van der Waals surface area contributed by atoms with Crippen LogP contribution in [0, 0.1) is 0 Å². The fraction of sp³-hybridized carbons (Fsp3) is 0.467. The molecule has 0 radical (unpaired) electrons. The second-order valence-corrected chi connectivity index (χ2v) is 5.83. The molecule has 0 saturated heterocycles. The zero-order chi connectivity index (χ0) is 14.5. The Bertz CT molecular complexity index is 536. The molecule has 108 valence electrons. The number of benzene rings is 1. The molecule has 1 aromatic heterocycles. The Morgan fingerprint density at radius 1 is 1.25 bits per heavy atom. The average Bonchev–Trinajstić information content (AvgIpc) is 2.87. The van der Waals surface area contributed by atoms with Crippen LogP contribution in [0.1, 0.15) is 49.4 Å². The molecule has 20 heavy (non-hydrogen) atoms. The molecular formula is C15H21N3OS. The SMILES string of the molecule is CCCc1nnsc1C(N)c1ccc(OC(C)C)cc1. The first-order valence-electron chi connectivity index (χ1n) is 6.95. The van der Waals surface area contributed by atoms with Crippen molar-refractivity contribution in [3.8, 4) is 5.75 Å². The van der Waals surface area contributed by atoms with Crippen LogP contribution in [-0.2, 0) is 6.42 Å². The average molecular weight is 291 g/mol. The highest BCUT2D eigenvalue weighted by molar-refractivity contribution is 7.05. The highest BCUT2D eigenvalue weighted by Crippen LogP contribution is 2.27. The predicted molar refractivity (Wildman–Crippen MR) is 82.1 cm³/mol. The maximum Gasteiger partial charge on any atom is 0.119 e. The number of rotatable bonds is 6. The van der Waals surface area contributed by atoms with E-state index in [1.54, 1.807) is 0 Å². The molecule has 4 nitrogen and oxygen atoms in total. The summed E-state index contributed by atoms with van der Waals surface area (Å²) in [6, 6.07) is 7.78. The Hall–Kier alpha value is -1.46. The summed E-state index contributed by atoms with van der Waals surface area (Å²) < 4.78 is 9.67. The summed E-state index contributed by atoms with van der Waals surface area (Å²) in [4.78, 5) is 1.06. The highest BCUT2D eigenvalue weighted by Gasteiger charge is 2.17. The summed E-state index contributed by atoms with van der Waals surface area (Å²) in [5.74, 6) is 0.868. The number of hydrogen-bond acceptors (Lipinski definition) is 5. The molecule has 0 aliphatic rings. The summed E-state index contributed by atoms with van der Waals surface area (Å²) in [6.07, 6.45) is 2.15. The molecule has 0 spiro atoms. The summed E-state index contributed by atoms with van der Waals surface area (Å²) in [6.45, 7) is 6.16. The summed E-state index contributed by atoms with van der Waals surface area (Å²) in [5, 5.41) is 4.17. The van der Waals surface area contributed by atoms with Gasteiger partial charge in [-0.05, 0) is 49.5 Å². The monoisotopic (exact) mass is 291 g/mol. The molecule has 5 heteroatoms. The van der Waals surface area contributed by atoms with Gasteiger partial charge < -0.3 is 10.5 Å². The predicted octanol–water partition coefficient (Wildman–Crippen LogP) is 3.33. The van der Waals surface area contributed by atoms with Crippen molar-refractivity contribution in [2.75, 3.05) is 0 Å². The van der Waals surface area contributed by atoms with Crippen molar-refractivity contribution in [3.63, 3.8) is 0 Å². The second-order valence-electron chi connectivity index (χ2n) is 5.05. The Labute approximate surface area is 124 Å². The van der Waals surface area contributed by atoms with Crippen molar-refractivity contribution in [1.82, 2.24) is 9.59 Å². The number of nitrogens with zero attached hydrogens (tertiary/aromatic N) is 2. The van der Waals surface area contributed by atoms with E-state index >= 15 is 0 Å². The minimum absolute atomic E-state index is 0.162. The van der Waals surface area contributed by atoms with Gasteiger partial charge in [-0.2, -0.15) is 0 Å². The molecule has 0 aliphatic carbocycles. The standard InChI is InChI=1S/C15H21N3OS/c1-4-5-13-15(20-18-17-13)14(16)11-6-8-12(9-7-11)19-10(2)3/h6-10,14H,4-5,16H2,1-3H3. The lowest BCUT2D eigenvalue weighted by atomic mass is 10.0. The van der Waals surface area contributed by atoms with Crippen molar-refractivity contribution in [2.24, 2.45) is 5.73 Å². The van der Waals surface area contributed by atoms with E-state index in [4.69, 9.17) is 10.5 Å². The van der Waals surface area contributed by atoms with Gasteiger partial charge in [0.2, 0.25) is 0 Å². The highest BCUT2D eigenvalue weighted by atomic mass is 32.1. The molecule has 1 aromatic carbocycles. The molecule has 0 aliphatic heterocycles. The number of hydrogen-bond donors (Lipinski definition) is 1. The van der Waals surface area contributed by atoms with Crippen LogP contribution in [0.15, 0.2) is 24.3 Å². The van der Waals surface area contributed by atoms with Crippen LogP contribution in [0.25, 0.3) is 0 Å². The van der Waals surface area contributed by atoms with Gasteiger partial charge in [0.15, 0.2) is 0 Å². The third-order valence-electron chi connectivity index (χ3n) is 2.97.